The molecule has 10 nitrogen and oxygen atoms in total. The first-order chi connectivity index (χ1) is 16.9. The minimum absolute atomic E-state index is 0.108. The number of rotatable bonds is 9. The van der Waals surface area contributed by atoms with E-state index in [1.54, 1.807) is 18.2 Å². The molecule has 1 saturated heterocycles. The Morgan fingerprint density at radius 1 is 0.886 bits per heavy atom. The molecule has 7 unspecified atom stereocenters. The second-order valence-electron chi connectivity index (χ2n) is 8.75. The molecule has 0 radical (unpaired) electrons. The van der Waals surface area contributed by atoms with Gasteiger partial charge in [-0.3, -0.25) is 0 Å². The number of methoxy groups -OCH3 is 1. The zero-order valence-corrected chi connectivity index (χ0v) is 19.4. The first kappa shape index (κ1) is 25.6. The van der Waals surface area contributed by atoms with Crippen LogP contribution in [-0.4, -0.2) is 88.3 Å². The average molecular weight is 493 g/mol. The summed E-state index contributed by atoms with van der Waals surface area (Å²) >= 11 is 0. The molecule has 0 spiro atoms. The molecule has 0 aliphatic carbocycles. The monoisotopic (exact) mass is 492 g/mol. The lowest BCUT2D eigenvalue weighted by Gasteiger charge is -2.39. The van der Waals surface area contributed by atoms with Gasteiger partial charge in [-0.05, 0) is 42.2 Å². The van der Waals surface area contributed by atoms with Crippen molar-refractivity contribution in [2.45, 2.75) is 55.6 Å². The van der Waals surface area contributed by atoms with E-state index >= 15 is 0 Å². The molecule has 2 aliphatic heterocycles. The average Bonchev–Trinajstić information content (AvgIpc) is 3.25. The fourth-order valence-electron chi connectivity index (χ4n) is 4.56. The van der Waals surface area contributed by atoms with Crippen molar-refractivity contribution >= 4 is 0 Å². The first-order valence-corrected chi connectivity index (χ1v) is 11.6. The van der Waals surface area contributed by atoms with Gasteiger partial charge in [0, 0.05) is 12.2 Å². The van der Waals surface area contributed by atoms with Gasteiger partial charge in [0.15, 0.2) is 11.5 Å². The Labute approximate surface area is 202 Å². The Morgan fingerprint density at radius 3 is 2.37 bits per heavy atom. The predicted octanol–water partition coefficient (Wildman–Crippen LogP) is 0.00840. The van der Waals surface area contributed by atoms with Crippen molar-refractivity contribution in [2.75, 3.05) is 26.9 Å². The fraction of sp³-hybridized carbons (Fsp3) is 0.520. The summed E-state index contributed by atoms with van der Waals surface area (Å²) in [6.07, 6.45) is -6.14. The highest BCUT2D eigenvalue weighted by Crippen LogP contribution is 2.47. The lowest BCUT2D eigenvalue weighted by atomic mass is 9.90. The molecule has 0 amide bonds. The molecular formula is C25H32O10. The molecular weight excluding hydrogens is 460 g/mol. The van der Waals surface area contributed by atoms with E-state index in [2.05, 4.69) is 0 Å². The Bertz CT molecular complexity index is 996. The smallest absolute Gasteiger partial charge is 0.229 e. The molecule has 0 aromatic heterocycles. The van der Waals surface area contributed by atoms with Crippen molar-refractivity contribution in [2.24, 2.45) is 0 Å². The molecule has 2 aromatic carbocycles. The van der Waals surface area contributed by atoms with Gasteiger partial charge >= 0.3 is 0 Å². The van der Waals surface area contributed by atoms with Gasteiger partial charge in [0.2, 0.25) is 6.29 Å². The molecule has 2 aliphatic rings. The van der Waals surface area contributed by atoms with Crippen LogP contribution in [0.1, 0.15) is 35.1 Å². The van der Waals surface area contributed by atoms with Crippen LogP contribution in [0.2, 0.25) is 0 Å². The molecule has 192 valence electrons. The molecule has 2 heterocycles. The van der Waals surface area contributed by atoms with E-state index in [4.69, 9.17) is 24.1 Å². The minimum atomic E-state index is -1.56. The van der Waals surface area contributed by atoms with E-state index in [-0.39, 0.29) is 24.9 Å². The highest BCUT2D eigenvalue weighted by molar-refractivity contribution is 5.49. The summed E-state index contributed by atoms with van der Waals surface area (Å²) in [6, 6.07) is 10.9. The van der Waals surface area contributed by atoms with E-state index in [1.807, 2.05) is 18.2 Å². The van der Waals surface area contributed by atoms with Crippen LogP contribution >= 0.6 is 0 Å². The maximum atomic E-state index is 10.3. The molecule has 4 rings (SSSR count). The van der Waals surface area contributed by atoms with Crippen LogP contribution < -0.4 is 14.2 Å². The van der Waals surface area contributed by atoms with Crippen molar-refractivity contribution < 1.29 is 49.6 Å². The third-order valence-electron chi connectivity index (χ3n) is 6.52. The van der Waals surface area contributed by atoms with E-state index in [9.17, 15) is 25.5 Å². The SMILES string of the molecule is COc1cc(C2Oc3ccc(CCCO)cc3C2CO)ccc1OC1OC(CO)C(O)C(O)C1O. The van der Waals surface area contributed by atoms with Gasteiger partial charge < -0.3 is 49.6 Å². The quantitative estimate of drug-likeness (QED) is 0.282. The van der Waals surface area contributed by atoms with Crippen molar-refractivity contribution in [1.29, 1.82) is 0 Å². The topological polar surface area (TPSA) is 158 Å². The number of benzene rings is 2. The van der Waals surface area contributed by atoms with Gasteiger partial charge in [0.05, 0.1) is 26.2 Å². The van der Waals surface area contributed by atoms with Crippen molar-refractivity contribution in [1.82, 2.24) is 0 Å². The van der Waals surface area contributed by atoms with E-state index in [0.717, 1.165) is 23.1 Å². The van der Waals surface area contributed by atoms with Crippen molar-refractivity contribution in [3.8, 4) is 17.2 Å². The largest absolute Gasteiger partial charge is 0.493 e. The molecule has 0 bridgehead atoms. The molecule has 2 aromatic rings. The lowest BCUT2D eigenvalue weighted by molar-refractivity contribution is -0.277. The summed E-state index contributed by atoms with van der Waals surface area (Å²) in [6.45, 7) is -0.589. The van der Waals surface area contributed by atoms with Crippen LogP contribution in [0.3, 0.4) is 0 Å². The second-order valence-corrected chi connectivity index (χ2v) is 8.75. The van der Waals surface area contributed by atoms with Gasteiger partial charge in [-0.2, -0.15) is 0 Å². The number of fused-ring (bicyclic) bond motifs is 1. The number of aliphatic hydroxyl groups is 6. The van der Waals surface area contributed by atoms with Crippen molar-refractivity contribution in [3.63, 3.8) is 0 Å². The molecule has 6 N–H and O–H groups in total. The van der Waals surface area contributed by atoms with Crippen LogP contribution in [0.5, 0.6) is 17.2 Å². The number of ether oxygens (including phenoxy) is 4. The summed E-state index contributed by atoms with van der Waals surface area (Å²) < 4.78 is 22.8. The minimum Gasteiger partial charge on any atom is -0.493 e. The van der Waals surface area contributed by atoms with Gasteiger partial charge in [0.1, 0.15) is 36.3 Å². The summed E-state index contributed by atoms with van der Waals surface area (Å²) in [7, 11) is 1.44. The molecule has 35 heavy (non-hydrogen) atoms. The van der Waals surface area contributed by atoms with Crippen molar-refractivity contribution in [3.05, 3.63) is 53.1 Å². The van der Waals surface area contributed by atoms with E-state index < -0.39 is 43.4 Å². The fourth-order valence-corrected chi connectivity index (χ4v) is 4.56. The third kappa shape index (κ3) is 5.10. The van der Waals surface area contributed by atoms with Crippen LogP contribution in [0, 0.1) is 0 Å². The van der Waals surface area contributed by atoms with Gasteiger partial charge in [-0.25, -0.2) is 0 Å². The molecule has 7 atom stereocenters. The summed E-state index contributed by atoms with van der Waals surface area (Å²) in [5, 5.41) is 58.9. The first-order valence-electron chi connectivity index (χ1n) is 11.6. The number of hydrogen-bond acceptors (Lipinski definition) is 10. The maximum Gasteiger partial charge on any atom is 0.229 e. The maximum absolute atomic E-state index is 10.3. The highest BCUT2D eigenvalue weighted by atomic mass is 16.7. The summed E-state index contributed by atoms with van der Waals surface area (Å²) in [5.74, 6) is 0.894. The van der Waals surface area contributed by atoms with Gasteiger partial charge in [0.25, 0.3) is 0 Å². The van der Waals surface area contributed by atoms with Crippen LogP contribution in [0.4, 0.5) is 0 Å². The Balaban J connectivity index is 1.55. The van der Waals surface area contributed by atoms with E-state index in [1.165, 1.54) is 7.11 Å². The normalized spacial score (nSPS) is 30.0. The number of aryl methyl sites for hydroxylation is 1. The molecule has 10 heteroatoms. The molecule has 0 saturated carbocycles. The van der Waals surface area contributed by atoms with Gasteiger partial charge in [-0.15, -0.1) is 0 Å². The summed E-state index contributed by atoms with van der Waals surface area (Å²) in [5.41, 5.74) is 2.69. The zero-order valence-electron chi connectivity index (χ0n) is 19.4. The van der Waals surface area contributed by atoms with E-state index in [0.29, 0.717) is 17.9 Å². The van der Waals surface area contributed by atoms with Crippen LogP contribution in [-0.2, 0) is 11.2 Å². The zero-order chi connectivity index (χ0) is 25.1. The highest BCUT2D eigenvalue weighted by Gasteiger charge is 2.45. The second kappa shape index (κ2) is 11.1. The number of hydrogen-bond donors (Lipinski definition) is 6. The standard InChI is InChI=1S/C25H32O10/c1-32-19-10-14(5-7-18(19)34-25-23(31)22(30)21(29)20(12-28)35-25)24-16(11-27)15-9-13(3-2-8-26)4-6-17(15)33-24/h4-7,9-10,16,20-31H,2-3,8,11-12H2,1H3. The van der Waals surface area contributed by atoms with Gasteiger partial charge in [-0.1, -0.05) is 18.2 Å². The lowest BCUT2D eigenvalue weighted by Crippen LogP contribution is -2.60. The predicted molar refractivity (Wildman–Crippen MR) is 122 cm³/mol. The Hall–Kier alpha value is -2.44. The van der Waals surface area contributed by atoms with Crippen LogP contribution in [0.15, 0.2) is 36.4 Å². The van der Waals surface area contributed by atoms with Crippen LogP contribution in [0.25, 0.3) is 0 Å². The number of aliphatic hydroxyl groups excluding tert-OH is 6. The molecule has 1 fully saturated rings. The summed E-state index contributed by atoms with van der Waals surface area (Å²) in [4.78, 5) is 0. The Morgan fingerprint density at radius 2 is 1.69 bits per heavy atom. The third-order valence-corrected chi connectivity index (χ3v) is 6.52. The Kier molecular flexibility index (Phi) is 8.12.